The Bertz CT molecular complexity index is 2190. The Kier molecular flexibility index (Phi) is 16.9. The largest absolute Gasteiger partial charge is 0.438 e. The quantitative estimate of drug-likeness (QED) is 0.106. The molecular weight excluding hydrogens is 839 g/mol. The third-order valence-corrected chi connectivity index (χ3v) is 12.4. The van der Waals surface area contributed by atoms with Crippen molar-refractivity contribution in [1.29, 1.82) is 0 Å². The lowest BCUT2D eigenvalue weighted by Gasteiger charge is -2.34. The molecule has 3 aliphatic rings. The van der Waals surface area contributed by atoms with Crippen LogP contribution in [0.25, 0.3) is 0 Å². The highest BCUT2D eigenvalue weighted by Gasteiger charge is 2.32. The lowest BCUT2D eigenvalue weighted by molar-refractivity contribution is -0.130. The maximum atomic E-state index is 13.9. The van der Waals surface area contributed by atoms with Gasteiger partial charge in [0.05, 0.1) is 12.4 Å². The molecule has 62 heavy (non-hydrogen) atoms. The molecule has 0 atom stereocenters. The molecule has 3 N–H and O–H groups in total. The van der Waals surface area contributed by atoms with Crippen molar-refractivity contribution in [2.24, 2.45) is 0 Å². The van der Waals surface area contributed by atoms with Gasteiger partial charge in [0, 0.05) is 54.0 Å². The standard InChI is InChI=1S/C23H26FN3O3S.C22H26FN3O4S/c1-31-19-5-2-4-18(13-19)30-23-20(12-15(24)14-25-23)22(29)26-16-7-9-17(10-8-16)27-11-3-6-21(27)28;1-29-13-20(27)25-15-6-8-16(9-7-15)26-21(28)19-10-14(23)12-24-22(19)30-17-4-3-5-18(11-17)31-2/h2,4-5,12-14,16-17H,3,6-11H2,1H3,(H,26,29);3-5,10-12,15-16H,6-9,13H2,1-2H3,(H,25,27)(H,26,28). The number of carbonyl (C=O) groups is 4. The van der Waals surface area contributed by atoms with Gasteiger partial charge in [0.2, 0.25) is 23.6 Å². The van der Waals surface area contributed by atoms with Crippen LogP contribution < -0.4 is 25.4 Å². The van der Waals surface area contributed by atoms with Crippen LogP contribution in [0.15, 0.2) is 82.8 Å². The molecule has 2 aromatic carbocycles. The zero-order chi connectivity index (χ0) is 44.0. The fourth-order valence-electron chi connectivity index (χ4n) is 7.79. The summed E-state index contributed by atoms with van der Waals surface area (Å²) >= 11 is 3.14. The molecule has 0 radical (unpaired) electrons. The number of hydrogen-bond donors (Lipinski definition) is 3. The number of thioether (sulfide) groups is 2. The number of methoxy groups -OCH3 is 1. The predicted octanol–water partition coefficient (Wildman–Crippen LogP) is 7.94. The van der Waals surface area contributed by atoms with Crippen molar-refractivity contribution < 1.29 is 42.2 Å². The van der Waals surface area contributed by atoms with E-state index in [4.69, 9.17) is 14.2 Å². The van der Waals surface area contributed by atoms with Crippen molar-refractivity contribution in [1.82, 2.24) is 30.8 Å². The van der Waals surface area contributed by atoms with Crippen molar-refractivity contribution in [2.45, 2.75) is 98.2 Å². The number of halogens is 2. The Balaban J connectivity index is 0.000000207. The number of pyridine rings is 2. The number of benzene rings is 2. The Hall–Kier alpha value is -5.26. The van der Waals surface area contributed by atoms with E-state index in [1.807, 2.05) is 53.8 Å². The van der Waals surface area contributed by atoms with E-state index in [1.165, 1.54) is 7.11 Å². The first-order chi connectivity index (χ1) is 30.0. The van der Waals surface area contributed by atoms with Gasteiger partial charge in [-0.3, -0.25) is 19.2 Å². The van der Waals surface area contributed by atoms with Crippen LogP contribution in [-0.2, 0) is 14.3 Å². The molecule has 2 saturated carbocycles. The van der Waals surface area contributed by atoms with Crippen LogP contribution in [0.3, 0.4) is 0 Å². The number of hydrogen-bond acceptors (Lipinski definition) is 11. The number of nitrogens with one attached hydrogen (secondary N) is 3. The second-order valence-electron chi connectivity index (χ2n) is 15.3. The second-order valence-corrected chi connectivity index (χ2v) is 17.0. The molecule has 4 aromatic rings. The van der Waals surface area contributed by atoms with Crippen LogP contribution in [0.5, 0.6) is 23.3 Å². The van der Waals surface area contributed by atoms with Gasteiger partial charge in [0.25, 0.3) is 11.8 Å². The Morgan fingerprint density at radius 1 is 0.710 bits per heavy atom. The Morgan fingerprint density at radius 2 is 1.18 bits per heavy atom. The van der Waals surface area contributed by atoms with Gasteiger partial charge in [-0.1, -0.05) is 12.1 Å². The van der Waals surface area contributed by atoms with Gasteiger partial charge in [0.1, 0.15) is 40.9 Å². The van der Waals surface area contributed by atoms with Crippen molar-refractivity contribution in [3.05, 3.63) is 95.8 Å². The molecule has 2 aromatic heterocycles. The highest BCUT2D eigenvalue weighted by Crippen LogP contribution is 2.31. The number of nitrogens with zero attached hydrogens (tertiary/aromatic N) is 3. The normalized spacial score (nSPS) is 19.8. The molecule has 4 amide bonds. The third-order valence-electron chi connectivity index (χ3n) is 10.9. The third kappa shape index (κ3) is 13.1. The molecule has 330 valence electrons. The summed E-state index contributed by atoms with van der Waals surface area (Å²) in [6.07, 6.45) is 13.8. The predicted molar refractivity (Wildman–Crippen MR) is 233 cm³/mol. The summed E-state index contributed by atoms with van der Waals surface area (Å²) in [4.78, 5) is 61.4. The van der Waals surface area contributed by atoms with Crippen molar-refractivity contribution in [3.63, 3.8) is 0 Å². The minimum Gasteiger partial charge on any atom is -0.438 e. The maximum absolute atomic E-state index is 13.9. The lowest BCUT2D eigenvalue weighted by Crippen LogP contribution is -2.44. The van der Waals surface area contributed by atoms with E-state index in [1.54, 1.807) is 35.7 Å². The summed E-state index contributed by atoms with van der Waals surface area (Å²) in [5.74, 6) is -0.752. The lowest BCUT2D eigenvalue weighted by atomic mass is 9.90. The van der Waals surface area contributed by atoms with Crippen LogP contribution >= 0.6 is 23.5 Å². The van der Waals surface area contributed by atoms with E-state index in [9.17, 15) is 28.0 Å². The summed E-state index contributed by atoms with van der Waals surface area (Å²) in [6.45, 7) is 0.875. The minimum atomic E-state index is -0.611. The van der Waals surface area contributed by atoms with E-state index in [2.05, 4.69) is 25.9 Å². The maximum Gasteiger partial charge on any atom is 0.257 e. The second kappa shape index (κ2) is 22.7. The molecule has 3 fully saturated rings. The van der Waals surface area contributed by atoms with Crippen LogP contribution in [0.1, 0.15) is 84.9 Å². The topological polar surface area (TPSA) is 161 Å². The number of rotatable bonds is 14. The Labute approximate surface area is 368 Å². The van der Waals surface area contributed by atoms with Crippen LogP contribution in [0.4, 0.5) is 8.78 Å². The number of carbonyl (C=O) groups excluding carboxylic acids is 4. The summed E-state index contributed by atoms with van der Waals surface area (Å²) in [6, 6.07) is 17.3. The SMILES string of the molecule is COCC(=O)NC1CCC(NC(=O)c2cc(F)cnc2Oc2cccc(SC)c2)CC1.CSc1cccc(Oc2ncc(F)cc2C(=O)NC2CCC(N3CCCC3=O)CC2)c1. The van der Waals surface area contributed by atoms with E-state index in [0.717, 1.165) is 85.8 Å². The Morgan fingerprint density at radius 3 is 1.61 bits per heavy atom. The first kappa shape index (κ1) is 46.2. The fraction of sp³-hybridized carbons (Fsp3) is 0.422. The van der Waals surface area contributed by atoms with Crippen molar-refractivity contribution in [2.75, 3.05) is 32.8 Å². The van der Waals surface area contributed by atoms with Crippen molar-refractivity contribution >= 4 is 47.2 Å². The molecule has 17 heteroatoms. The minimum absolute atomic E-state index is 0.0163. The molecule has 0 unspecified atom stereocenters. The molecule has 3 heterocycles. The monoisotopic (exact) mass is 890 g/mol. The summed E-state index contributed by atoms with van der Waals surface area (Å²) < 4.78 is 44.1. The average Bonchev–Trinajstić information content (AvgIpc) is 3.71. The zero-order valence-electron chi connectivity index (χ0n) is 35.0. The van der Waals surface area contributed by atoms with Crippen LogP contribution in [0, 0.1) is 11.6 Å². The highest BCUT2D eigenvalue weighted by molar-refractivity contribution is 7.98. The molecule has 0 bridgehead atoms. The number of aromatic nitrogens is 2. The van der Waals surface area contributed by atoms with Crippen LogP contribution in [-0.4, -0.2) is 95.4 Å². The van der Waals surface area contributed by atoms with E-state index < -0.39 is 23.4 Å². The molecule has 7 rings (SSSR count). The van der Waals surface area contributed by atoms with E-state index in [-0.39, 0.29) is 65.5 Å². The van der Waals surface area contributed by atoms with Gasteiger partial charge >= 0.3 is 0 Å². The van der Waals surface area contributed by atoms with Crippen molar-refractivity contribution in [3.8, 4) is 23.3 Å². The molecule has 13 nitrogen and oxygen atoms in total. The van der Waals surface area contributed by atoms with E-state index in [0.29, 0.717) is 30.8 Å². The fourth-order valence-corrected chi connectivity index (χ4v) is 8.69. The molecular formula is C45H52F2N6O7S2. The van der Waals surface area contributed by atoms with Gasteiger partial charge < -0.3 is 35.1 Å². The summed E-state index contributed by atoms with van der Waals surface area (Å²) in [7, 11) is 1.48. The number of ether oxygens (including phenoxy) is 3. The summed E-state index contributed by atoms with van der Waals surface area (Å²) in [5.41, 5.74) is 0.122. The van der Waals surface area contributed by atoms with Gasteiger partial charge in [-0.05, 0) is 119 Å². The molecule has 1 aliphatic heterocycles. The molecule has 1 saturated heterocycles. The smallest absolute Gasteiger partial charge is 0.257 e. The highest BCUT2D eigenvalue weighted by atomic mass is 32.2. The van der Waals surface area contributed by atoms with Gasteiger partial charge in [-0.15, -0.1) is 23.5 Å². The zero-order valence-corrected chi connectivity index (χ0v) is 36.6. The van der Waals surface area contributed by atoms with Gasteiger partial charge in [-0.2, -0.15) is 0 Å². The average molecular weight is 891 g/mol. The first-order valence-corrected chi connectivity index (χ1v) is 23.1. The number of amides is 4. The van der Waals surface area contributed by atoms with Crippen LogP contribution in [0.2, 0.25) is 0 Å². The van der Waals surface area contributed by atoms with E-state index >= 15 is 0 Å². The first-order valence-electron chi connectivity index (χ1n) is 20.7. The molecule has 0 spiro atoms. The van der Waals surface area contributed by atoms with Gasteiger partial charge in [-0.25, -0.2) is 18.7 Å². The summed E-state index contributed by atoms with van der Waals surface area (Å²) in [5, 5.41) is 8.86. The number of likely N-dealkylation sites (tertiary alicyclic amines) is 1. The van der Waals surface area contributed by atoms with Gasteiger partial charge in [0.15, 0.2) is 0 Å². The molecule has 2 aliphatic carbocycles.